The van der Waals surface area contributed by atoms with Crippen LogP contribution in [0.2, 0.25) is 0 Å². The number of hydrogen-bond donors (Lipinski definition) is 1. The molecule has 1 saturated carbocycles. The number of hydrogen-bond acceptors (Lipinski definition) is 2. The van der Waals surface area contributed by atoms with Gasteiger partial charge >= 0.3 is 0 Å². The fraction of sp³-hybridized carbons (Fsp3) is 0.647. The molecular weight excluding hydrogens is 232 g/mol. The van der Waals surface area contributed by atoms with Crippen LogP contribution in [0.5, 0.6) is 0 Å². The Morgan fingerprint density at radius 2 is 1.79 bits per heavy atom. The van der Waals surface area contributed by atoms with Crippen molar-refractivity contribution in [1.29, 1.82) is 0 Å². The van der Waals surface area contributed by atoms with Gasteiger partial charge < -0.3 is 5.32 Å². The van der Waals surface area contributed by atoms with E-state index in [2.05, 4.69) is 62.2 Å². The van der Waals surface area contributed by atoms with Crippen molar-refractivity contribution < 1.29 is 0 Å². The third-order valence-electron chi connectivity index (χ3n) is 3.77. The van der Waals surface area contributed by atoms with E-state index in [1.807, 2.05) is 0 Å². The van der Waals surface area contributed by atoms with Crippen molar-refractivity contribution in [2.45, 2.75) is 65.2 Å². The van der Waals surface area contributed by atoms with Crippen LogP contribution in [0, 0.1) is 0 Å². The Labute approximate surface area is 118 Å². The maximum Gasteiger partial charge on any atom is 0.0239 e. The molecule has 0 atom stereocenters. The number of benzene rings is 1. The second kappa shape index (κ2) is 6.06. The lowest BCUT2D eigenvalue weighted by Gasteiger charge is -2.24. The van der Waals surface area contributed by atoms with Gasteiger partial charge in [0.15, 0.2) is 0 Å². The highest BCUT2D eigenvalue weighted by atomic mass is 15.2. The van der Waals surface area contributed by atoms with Crippen molar-refractivity contribution in [2.75, 3.05) is 6.54 Å². The molecular formula is C17H28N2. The Bertz CT molecular complexity index is 402. The number of nitrogens with one attached hydrogen (secondary N) is 1. The average Bonchev–Trinajstić information content (AvgIpc) is 3.18. The highest BCUT2D eigenvalue weighted by Gasteiger charge is 2.28. The molecule has 1 N–H and O–H groups in total. The summed E-state index contributed by atoms with van der Waals surface area (Å²) in [5.74, 6) is 0. The molecule has 0 aromatic heterocycles. The first-order valence-corrected chi connectivity index (χ1v) is 7.55. The highest BCUT2D eigenvalue weighted by molar-refractivity contribution is 5.27. The molecule has 2 heteroatoms. The zero-order chi connectivity index (χ0) is 13.9. The van der Waals surface area contributed by atoms with E-state index in [1.165, 1.54) is 24.0 Å². The predicted molar refractivity (Wildman–Crippen MR) is 82.1 cm³/mol. The summed E-state index contributed by atoms with van der Waals surface area (Å²) >= 11 is 0. The predicted octanol–water partition coefficient (Wildman–Crippen LogP) is 3.56. The van der Waals surface area contributed by atoms with Crippen molar-refractivity contribution >= 4 is 0 Å². The van der Waals surface area contributed by atoms with Crippen molar-refractivity contribution in [2.24, 2.45) is 0 Å². The minimum absolute atomic E-state index is 0.175. The maximum absolute atomic E-state index is 3.60. The molecule has 0 radical (unpaired) electrons. The van der Waals surface area contributed by atoms with E-state index >= 15 is 0 Å². The second-order valence-electron chi connectivity index (χ2n) is 6.67. The van der Waals surface area contributed by atoms with Crippen LogP contribution in [0.3, 0.4) is 0 Å². The fourth-order valence-corrected chi connectivity index (χ4v) is 2.40. The van der Waals surface area contributed by atoms with E-state index in [9.17, 15) is 0 Å². The Kier molecular flexibility index (Phi) is 4.64. The first kappa shape index (κ1) is 14.5. The van der Waals surface area contributed by atoms with E-state index in [0.717, 1.165) is 25.7 Å². The van der Waals surface area contributed by atoms with Crippen LogP contribution in [0.4, 0.5) is 0 Å². The fourth-order valence-electron chi connectivity index (χ4n) is 2.40. The molecule has 1 fully saturated rings. The first-order chi connectivity index (χ1) is 8.99. The number of rotatable bonds is 6. The summed E-state index contributed by atoms with van der Waals surface area (Å²) in [6.45, 7) is 12.2. The van der Waals surface area contributed by atoms with Crippen LogP contribution in [0.15, 0.2) is 24.3 Å². The van der Waals surface area contributed by atoms with Crippen molar-refractivity contribution in [3.05, 3.63) is 35.4 Å². The first-order valence-electron chi connectivity index (χ1n) is 7.55. The van der Waals surface area contributed by atoms with Crippen LogP contribution in [-0.4, -0.2) is 23.0 Å². The summed E-state index contributed by atoms with van der Waals surface area (Å²) in [6, 6.07) is 9.70. The molecule has 1 aromatic rings. The monoisotopic (exact) mass is 260 g/mol. The van der Waals surface area contributed by atoms with Crippen molar-refractivity contribution in [3.63, 3.8) is 0 Å². The molecule has 2 rings (SSSR count). The lowest BCUT2D eigenvalue weighted by Crippen LogP contribution is -2.35. The molecule has 1 aliphatic carbocycles. The van der Waals surface area contributed by atoms with Gasteiger partial charge in [0.25, 0.3) is 0 Å². The Hall–Kier alpha value is -0.860. The molecule has 106 valence electrons. The lowest BCUT2D eigenvalue weighted by molar-refractivity contribution is 0.268. The van der Waals surface area contributed by atoms with E-state index < -0.39 is 0 Å². The molecule has 0 unspecified atom stereocenters. The minimum atomic E-state index is 0.175. The van der Waals surface area contributed by atoms with E-state index in [-0.39, 0.29) is 5.54 Å². The third kappa shape index (κ3) is 4.63. The van der Waals surface area contributed by atoms with Crippen molar-refractivity contribution in [1.82, 2.24) is 10.2 Å². The second-order valence-corrected chi connectivity index (χ2v) is 6.67. The molecule has 0 heterocycles. The van der Waals surface area contributed by atoms with E-state index in [0.29, 0.717) is 0 Å². The van der Waals surface area contributed by atoms with Crippen LogP contribution >= 0.6 is 0 Å². The summed E-state index contributed by atoms with van der Waals surface area (Å²) in [5.41, 5.74) is 3.10. The molecule has 1 aliphatic rings. The van der Waals surface area contributed by atoms with Crippen LogP contribution in [0.25, 0.3) is 0 Å². The van der Waals surface area contributed by atoms with Crippen LogP contribution in [-0.2, 0) is 13.1 Å². The normalized spacial score (nSPS) is 16.1. The van der Waals surface area contributed by atoms with Gasteiger partial charge in [0, 0.05) is 24.7 Å². The molecule has 0 amide bonds. The Morgan fingerprint density at radius 3 is 2.32 bits per heavy atom. The molecule has 0 aliphatic heterocycles. The summed E-state index contributed by atoms with van der Waals surface area (Å²) in [4.78, 5) is 2.61. The Morgan fingerprint density at radius 1 is 1.16 bits per heavy atom. The van der Waals surface area contributed by atoms with E-state index in [1.54, 1.807) is 0 Å². The quantitative estimate of drug-likeness (QED) is 0.841. The highest BCUT2D eigenvalue weighted by Crippen LogP contribution is 2.28. The topological polar surface area (TPSA) is 15.3 Å². The third-order valence-corrected chi connectivity index (χ3v) is 3.77. The molecule has 0 spiro atoms. The van der Waals surface area contributed by atoms with Gasteiger partial charge in [0.1, 0.15) is 0 Å². The molecule has 0 saturated heterocycles. The van der Waals surface area contributed by atoms with Gasteiger partial charge in [-0.2, -0.15) is 0 Å². The lowest BCUT2D eigenvalue weighted by atomic mass is 10.0. The maximum atomic E-state index is 3.60. The summed E-state index contributed by atoms with van der Waals surface area (Å²) in [7, 11) is 0. The zero-order valence-corrected chi connectivity index (χ0v) is 12.9. The summed E-state index contributed by atoms with van der Waals surface area (Å²) in [6.07, 6.45) is 2.77. The van der Waals surface area contributed by atoms with Crippen LogP contribution < -0.4 is 5.32 Å². The zero-order valence-electron chi connectivity index (χ0n) is 12.9. The van der Waals surface area contributed by atoms with Crippen LogP contribution in [0.1, 0.15) is 51.7 Å². The summed E-state index contributed by atoms with van der Waals surface area (Å²) in [5, 5.41) is 3.60. The van der Waals surface area contributed by atoms with Gasteiger partial charge in [-0.05, 0) is 51.3 Å². The van der Waals surface area contributed by atoms with Crippen molar-refractivity contribution in [3.8, 4) is 0 Å². The summed E-state index contributed by atoms with van der Waals surface area (Å²) < 4.78 is 0. The standard InChI is InChI=1S/C17H28N2/c1-5-19(16-10-11-16)13-15-9-7-6-8-14(15)12-18-17(2,3)4/h6-9,16,18H,5,10-13H2,1-4H3. The minimum Gasteiger partial charge on any atom is -0.308 e. The van der Waals surface area contributed by atoms with Gasteiger partial charge in [-0.1, -0.05) is 31.2 Å². The molecule has 1 aromatic carbocycles. The van der Waals surface area contributed by atoms with Gasteiger partial charge in [-0.3, -0.25) is 4.90 Å². The van der Waals surface area contributed by atoms with Gasteiger partial charge in [-0.25, -0.2) is 0 Å². The SMILES string of the molecule is CCN(Cc1ccccc1CNC(C)(C)C)C1CC1. The van der Waals surface area contributed by atoms with Gasteiger partial charge in [-0.15, -0.1) is 0 Å². The molecule has 0 bridgehead atoms. The smallest absolute Gasteiger partial charge is 0.0239 e. The Balaban J connectivity index is 2.02. The largest absolute Gasteiger partial charge is 0.308 e. The molecule has 2 nitrogen and oxygen atoms in total. The molecule has 19 heavy (non-hydrogen) atoms. The number of nitrogens with zero attached hydrogens (tertiary/aromatic N) is 1. The average molecular weight is 260 g/mol. The van der Waals surface area contributed by atoms with Gasteiger partial charge in [0.2, 0.25) is 0 Å². The van der Waals surface area contributed by atoms with E-state index in [4.69, 9.17) is 0 Å². The van der Waals surface area contributed by atoms with Gasteiger partial charge in [0.05, 0.1) is 0 Å².